The fourth-order valence-electron chi connectivity index (χ4n) is 12.6. The van der Waals surface area contributed by atoms with Crippen LogP contribution in [0.4, 0.5) is 0 Å². The van der Waals surface area contributed by atoms with Crippen molar-refractivity contribution < 1.29 is 5.11 Å². The monoisotopic (exact) mass is 440 g/mol. The second kappa shape index (κ2) is 6.59. The molecule has 0 radical (unpaired) electrons. The normalized spacial score (nSPS) is 60.5. The average Bonchev–Trinajstić information content (AvgIpc) is 3.29. The number of aliphatic hydroxyl groups excluding tert-OH is 1. The molecule has 2 unspecified atom stereocenters. The number of aliphatic hydroxyl groups is 1. The van der Waals surface area contributed by atoms with Crippen LogP contribution < -0.4 is 0 Å². The lowest BCUT2D eigenvalue weighted by molar-refractivity contribution is -0.177. The molecule has 7 bridgehead atoms. The van der Waals surface area contributed by atoms with Crippen molar-refractivity contribution >= 4 is 0 Å². The van der Waals surface area contributed by atoms with E-state index in [0.717, 1.165) is 35.5 Å². The van der Waals surface area contributed by atoms with E-state index in [2.05, 4.69) is 48.5 Å². The molecule has 0 saturated heterocycles. The highest BCUT2D eigenvalue weighted by molar-refractivity contribution is 5.31. The smallest absolute Gasteiger partial charge is 0.0622 e. The molecule has 1 nitrogen and oxygen atoms in total. The van der Waals surface area contributed by atoms with Crippen LogP contribution in [-0.4, -0.2) is 11.2 Å². The van der Waals surface area contributed by atoms with Crippen molar-refractivity contribution in [3.63, 3.8) is 0 Å². The van der Waals surface area contributed by atoms with E-state index >= 15 is 0 Å². The van der Waals surface area contributed by atoms with Crippen molar-refractivity contribution in [3.8, 4) is 0 Å². The maximum Gasteiger partial charge on any atom is 0.0622 e. The van der Waals surface area contributed by atoms with Crippen LogP contribution in [0.25, 0.3) is 0 Å². The van der Waals surface area contributed by atoms with Gasteiger partial charge in [-0.05, 0) is 133 Å². The van der Waals surface area contributed by atoms with Gasteiger partial charge in [-0.25, -0.2) is 0 Å². The van der Waals surface area contributed by atoms with Gasteiger partial charge in [-0.3, -0.25) is 0 Å². The first-order chi connectivity index (χ1) is 14.9. The van der Waals surface area contributed by atoms with Crippen molar-refractivity contribution in [2.75, 3.05) is 0 Å². The highest BCUT2D eigenvalue weighted by atomic mass is 16.3. The van der Waals surface area contributed by atoms with Crippen LogP contribution in [0.5, 0.6) is 0 Å². The van der Waals surface area contributed by atoms with E-state index in [0.29, 0.717) is 27.6 Å². The summed E-state index contributed by atoms with van der Waals surface area (Å²) in [6, 6.07) is 0. The van der Waals surface area contributed by atoms with Gasteiger partial charge in [-0.1, -0.05) is 54.9 Å². The lowest BCUT2D eigenvalue weighted by atomic mass is 9.41. The summed E-state index contributed by atoms with van der Waals surface area (Å²) in [6.45, 7) is 18.0. The Balaban J connectivity index is 1.49. The van der Waals surface area contributed by atoms with E-state index in [1.165, 1.54) is 70.6 Å². The molecule has 7 aliphatic carbocycles. The fraction of sp³-hybridized carbons (Fsp3) is 1.00. The predicted octanol–water partition coefficient (Wildman–Crippen LogP) is 8.10. The molecular formula is C31H52O. The molecule has 0 aliphatic heterocycles. The molecule has 182 valence electrons. The molecule has 7 fully saturated rings. The summed E-state index contributed by atoms with van der Waals surface area (Å²) in [5.74, 6) is 5.57. The first-order valence-corrected chi connectivity index (χ1v) is 14.6. The average molecular weight is 441 g/mol. The summed E-state index contributed by atoms with van der Waals surface area (Å²) < 4.78 is 0. The van der Waals surface area contributed by atoms with Crippen LogP contribution in [0.1, 0.15) is 119 Å². The highest BCUT2D eigenvalue weighted by Gasteiger charge is 2.82. The number of hydrogen-bond donors (Lipinski definition) is 1. The van der Waals surface area contributed by atoms with Crippen LogP contribution in [0, 0.1) is 68.5 Å². The Kier molecular flexibility index (Phi) is 4.62. The van der Waals surface area contributed by atoms with Crippen molar-refractivity contribution in [1.82, 2.24) is 0 Å². The Morgan fingerprint density at radius 3 is 2.22 bits per heavy atom. The molecule has 0 amide bonds. The summed E-state index contributed by atoms with van der Waals surface area (Å²) in [7, 11) is 0. The van der Waals surface area contributed by atoms with Gasteiger partial charge >= 0.3 is 0 Å². The third-order valence-corrected chi connectivity index (χ3v) is 14.5. The van der Waals surface area contributed by atoms with Gasteiger partial charge in [0.05, 0.1) is 6.10 Å². The Labute approximate surface area is 198 Å². The maximum atomic E-state index is 11.8. The molecule has 0 aromatic carbocycles. The summed E-state index contributed by atoms with van der Waals surface area (Å²) in [6.07, 6.45) is 15.7. The van der Waals surface area contributed by atoms with E-state index in [1.54, 1.807) is 0 Å². The van der Waals surface area contributed by atoms with Gasteiger partial charge in [-0.15, -0.1) is 0 Å². The molecule has 0 aromatic rings. The maximum absolute atomic E-state index is 11.8. The molecule has 11 atom stereocenters. The second-order valence-corrected chi connectivity index (χ2v) is 15.7. The van der Waals surface area contributed by atoms with Gasteiger partial charge in [0.15, 0.2) is 0 Å². The molecule has 0 heterocycles. The van der Waals surface area contributed by atoms with Gasteiger partial charge in [0.2, 0.25) is 0 Å². The molecule has 1 N–H and O–H groups in total. The fourth-order valence-corrected chi connectivity index (χ4v) is 12.6. The molecule has 7 saturated carbocycles. The zero-order valence-corrected chi connectivity index (χ0v) is 22.3. The Morgan fingerprint density at radius 2 is 1.50 bits per heavy atom. The van der Waals surface area contributed by atoms with E-state index in [-0.39, 0.29) is 11.5 Å². The second-order valence-electron chi connectivity index (χ2n) is 15.7. The van der Waals surface area contributed by atoms with Crippen LogP contribution >= 0.6 is 0 Å². The standard InChI is InChI=1S/C31H52O/c1-19(2)21-9-8-20(3)23-12-13-29(7)25-11-10-24-27(4,5)26(32)22(16-21)17-31(24)18-30(25,31)15-14-28(23,29)6/h19-26,32H,8-18H2,1-7H3/t20-,21?,22?,23-,24+,25+,26+,28-,29+,30+,31-/m1/s1. The predicted molar refractivity (Wildman–Crippen MR) is 133 cm³/mol. The molecular weight excluding hydrogens is 388 g/mol. The lowest BCUT2D eigenvalue weighted by Gasteiger charge is -2.64. The summed E-state index contributed by atoms with van der Waals surface area (Å²) in [5.41, 5.74) is 2.39. The quantitative estimate of drug-likeness (QED) is 0.436. The van der Waals surface area contributed by atoms with Crippen molar-refractivity contribution in [2.24, 2.45) is 68.5 Å². The van der Waals surface area contributed by atoms with Crippen LogP contribution in [-0.2, 0) is 0 Å². The highest BCUT2D eigenvalue weighted by Crippen LogP contribution is 2.89. The summed E-state index contributed by atoms with van der Waals surface area (Å²) >= 11 is 0. The number of fused-ring (bicyclic) bond motifs is 5. The summed E-state index contributed by atoms with van der Waals surface area (Å²) in [5, 5.41) is 11.8. The zero-order valence-electron chi connectivity index (χ0n) is 22.3. The van der Waals surface area contributed by atoms with Crippen molar-refractivity contribution in [2.45, 2.75) is 125 Å². The minimum Gasteiger partial charge on any atom is -0.392 e. The van der Waals surface area contributed by atoms with Gasteiger partial charge in [0, 0.05) is 0 Å². The third-order valence-electron chi connectivity index (χ3n) is 14.5. The summed E-state index contributed by atoms with van der Waals surface area (Å²) in [4.78, 5) is 0. The molecule has 7 aliphatic rings. The van der Waals surface area contributed by atoms with Gasteiger partial charge in [-0.2, -0.15) is 0 Å². The van der Waals surface area contributed by atoms with Crippen LogP contribution in [0.3, 0.4) is 0 Å². The van der Waals surface area contributed by atoms with E-state index < -0.39 is 0 Å². The molecule has 1 heteroatoms. The van der Waals surface area contributed by atoms with Crippen molar-refractivity contribution in [1.29, 1.82) is 0 Å². The van der Waals surface area contributed by atoms with Gasteiger partial charge in [0.1, 0.15) is 0 Å². The topological polar surface area (TPSA) is 20.2 Å². The number of hydrogen-bond acceptors (Lipinski definition) is 1. The van der Waals surface area contributed by atoms with Crippen LogP contribution in [0.2, 0.25) is 0 Å². The first-order valence-electron chi connectivity index (χ1n) is 14.6. The molecule has 2 spiro atoms. The Hall–Kier alpha value is -0.0400. The van der Waals surface area contributed by atoms with E-state index in [1.807, 2.05) is 0 Å². The van der Waals surface area contributed by atoms with Crippen LogP contribution in [0.15, 0.2) is 0 Å². The Morgan fingerprint density at radius 1 is 0.781 bits per heavy atom. The minimum absolute atomic E-state index is 0.0895. The van der Waals surface area contributed by atoms with E-state index in [4.69, 9.17) is 0 Å². The van der Waals surface area contributed by atoms with Gasteiger partial charge in [0.25, 0.3) is 0 Å². The zero-order chi connectivity index (χ0) is 22.9. The Bertz CT molecular complexity index is 783. The van der Waals surface area contributed by atoms with Crippen molar-refractivity contribution in [3.05, 3.63) is 0 Å². The minimum atomic E-state index is -0.1000. The number of rotatable bonds is 1. The molecule has 7 rings (SSSR count). The first kappa shape index (κ1) is 22.4. The lowest BCUT2D eigenvalue weighted by Crippen LogP contribution is -2.59. The molecule has 0 aromatic heterocycles. The molecule has 32 heavy (non-hydrogen) atoms. The largest absolute Gasteiger partial charge is 0.392 e. The van der Waals surface area contributed by atoms with Gasteiger partial charge < -0.3 is 5.11 Å². The van der Waals surface area contributed by atoms with E-state index in [9.17, 15) is 5.11 Å². The SMILES string of the molecule is CC(C)C1CC[C@@H](C)[C@H]2CC[C@@]3(C)[C@@H]4CC[C@H]5C(C)(C)[C@@H](O)C(C1)C[C@@]51C[C@@]41CC[C@]23C. The third kappa shape index (κ3) is 2.42.